The van der Waals surface area contributed by atoms with Gasteiger partial charge in [-0.15, -0.1) is 0 Å². The highest BCUT2D eigenvalue weighted by Gasteiger charge is 2.17. The predicted molar refractivity (Wildman–Crippen MR) is 225 cm³/mol. The molecule has 4 nitrogen and oxygen atoms in total. The number of hydrogen-bond donors (Lipinski definition) is 3. The average molecular weight is 714 g/mol. The van der Waals surface area contributed by atoms with Gasteiger partial charge in [0.1, 0.15) is 0 Å². The second kappa shape index (κ2) is 42.8. The molecule has 1 amide bonds. The molecule has 0 radical (unpaired) electrons. The van der Waals surface area contributed by atoms with Crippen LogP contribution in [0.4, 0.5) is 0 Å². The quantitative estimate of drug-likeness (QED) is 0.0437. The van der Waals surface area contributed by atoms with E-state index in [0.29, 0.717) is 6.42 Å². The number of unbranched alkanes of at least 4 members (excludes halogenated alkanes) is 27. The Bertz CT molecular complexity index is 816. The third kappa shape index (κ3) is 39.4. The molecule has 298 valence electrons. The summed E-state index contributed by atoms with van der Waals surface area (Å²) in [5.74, 6) is -0.0826. The number of allylic oxidation sites excluding steroid dienone is 7. The SMILES string of the molecule is CCCCCCCCCCC/C=C\CCCCCCCCCC(=O)NC(CO)C(O)/C=C/CC/C=C/CC/C=C/CCCCCCCCCCC. The number of amides is 1. The molecule has 0 aromatic rings. The van der Waals surface area contributed by atoms with Gasteiger partial charge in [-0.2, -0.15) is 0 Å². The Hall–Kier alpha value is -1.65. The summed E-state index contributed by atoms with van der Waals surface area (Å²) < 4.78 is 0. The van der Waals surface area contributed by atoms with Crippen molar-refractivity contribution in [3.05, 3.63) is 48.6 Å². The van der Waals surface area contributed by atoms with E-state index in [1.807, 2.05) is 6.08 Å². The van der Waals surface area contributed by atoms with Crippen molar-refractivity contribution in [1.82, 2.24) is 5.32 Å². The van der Waals surface area contributed by atoms with Gasteiger partial charge in [-0.05, 0) is 70.6 Å². The van der Waals surface area contributed by atoms with E-state index in [1.54, 1.807) is 6.08 Å². The maximum absolute atomic E-state index is 12.4. The van der Waals surface area contributed by atoms with Crippen LogP contribution in [0.3, 0.4) is 0 Å². The number of hydrogen-bond acceptors (Lipinski definition) is 3. The lowest BCUT2D eigenvalue weighted by atomic mass is 10.1. The average Bonchev–Trinajstić information content (AvgIpc) is 3.13. The van der Waals surface area contributed by atoms with Gasteiger partial charge in [0.15, 0.2) is 0 Å². The lowest BCUT2D eigenvalue weighted by Gasteiger charge is -2.19. The number of aliphatic hydroxyl groups is 2. The van der Waals surface area contributed by atoms with E-state index in [4.69, 9.17) is 0 Å². The molecule has 0 fully saturated rings. The Kier molecular flexibility index (Phi) is 41.4. The van der Waals surface area contributed by atoms with Crippen LogP contribution in [0.5, 0.6) is 0 Å². The van der Waals surface area contributed by atoms with E-state index in [0.717, 1.165) is 38.5 Å². The van der Waals surface area contributed by atoms with Crippen molar-refractivity contribution < 1.29 is 15.0 Å². The fourth-order valence-corrected chi connectivity index (χ4v) is 6.56. The van der Waals surface area contributed by atoms with E-state index < -0.39 is 12.1 Å². The number of aliphatic hydroxyl groups excluding tert-OH is 2. The van der Waals surface area contributed by atoms with Crippen molar-refractivity contribution in [3.8, 4) is 0 Å². The first-order chi connectivity index (χ1) is 25.2. The minimum Gasteiger partial charge on any atom is -0.394 e. The number of carbonyl (C=O) groups excluding carboxylic acids is 1. The van der Waals surface area contributed by atoms with Crippen LogP contribution >= 0.6 is 0 Å². The summed E-state index contributed by atoms with van der Waals surface area (Å²) in [4.78, 5) is 12.4. The van der Waals surface area contributed by atoms with Gasteiger partial charge >= 0.3 is 0 Å². The van der Waals surface area contributed by atoms with Crippen LogP contribution in [0.1, 0.15) is 226 Å². The molecular formula is C47H87NO3. The van der Waals surface area contributed by atoms with Crippen LogP contribution in [0, 0.1) is 0 Å². The first-order valence-electron chi connectivity index (χ1n) is 22.4. The van der Waals surface area contributed by atoms with E-state index in [2.05, 4.69) is 55.6 Å². The molecule has 2 unspecified atom stereocenters. The predicted octanol–water partition coefficient (Wildman–Crippen LogP) is 14.0. The second-order valence-corrected chi connectivity index (χ2v) is 15.1. The number of carbonyl (C=O) groups is 1. The molecule has 0 aliphatic rings. The molecule has 0 rings (SSSR count). The van der Waals surface area contributed by atoms with Gasteiger partial charge in [0, 0.05) is 6.42 Å². The molecule has 0 aliphatic carbocycles. The minimum atomic E-state index is -0.872. The van der Waals surface area contributed by atoms with Crippen molar-refractivity contribution in [3.63, 3.8) is 0 Å². The summed E-state index contributed by atoms with van der Waals surface area (Å²) in [6.07, 6.45) is 57.9. The highest BCUT2D eigenvalue weighted by atomic mass is 16.3. The third-order valence-corrected chi connectivity index (χ3v) is 10.0. The normalized spacial score (nSPS) is 13.4. The van der Waals surface area contributed by atoms with Gasteiger partial charge in [-0.3, -0.25) is 4.79 Å². The molecule has 0 aromatic heterocycles. The van der Waals surface area contributed by atoms with Gasteiger partial charge in [0.05, 0.1) is 18.8 Å². The largest absolute Gasteiger partial charge is 0.394 e. The first-order valence-corrected chi connectivity index (χ1v) is 22.4. The van der Waals surface area contributed by atoms with Gasteiger partial charge in [-0.25, -0.2) is 0 Å². The standard InChI is InChI=1S/C47H87NO3/c1-3-5-7-9-11-13-15-17-19-21-23-25-27-29-31-33-35-37-39-41-43-47(51)48-45(44-49)46(50)42-40-38-36-34-32-30-28-26-24-22-20-18-16-14-12-10-8-6-4-2/h23-26,32,34,40,42,45-46,49-50H,3-22,27-31,33,35-39,41,43-44H2,1-2H3,(H,48,51)/b25-23-,26-24+,34-32+,42-40+. The fourth-order valence-electron chi connectivity index (χ4n) is 6.56. The zero-order valence-corrected chi connectivity index (χ0v) is 34.1. The van der Waals surface area contributed by atoms with Gasteiger partial charge in [0.2, 0.25) is 5.91 Å². The van der Waals surface area contributed by atoms with Crippen LogP contribution in [0.25, 0.3) is 0 Å². The molecule has 0 aliphatic heterocycles. The Balaban J connectivity index is 3.65. The lowest BCUT2D eigenvalue weighted by molar-refractivity contribution is -0.123. The molecule has 51 heavy (non-hydrogen) atoms. The molecule has 0 saturated heterocycles. The second-order valence-electron chi connectivity index (χ2n) is 15.1. The van der Waals surface area contributed by atoms with Crippen LogP contribution in [0.15, 0.2) is 48.6 Å². The maximum Gasteiger partial charge on any atom is 0.220 e. The molecule has 4 heteroatoms. The lowest BCUT2D eigenvalue weighted by Crippen LogP contribution is -2.45. The summed E-state index contributed by atoms with van der Waals surface area (Å²) in [5.41, 5.74) is 0. The molecule has 0 heterocycles. The van der Waals surface area contributed by atoms with Gasteiger partial charge in [-0.1, -0.05) is 197 Å². The fraction of sp³-hybridized carbons (Fsp3) is 0.809. The highest BCUT2D eigenvalue weighted by Crippen LogP contribution is 2.14. The molecular weight excluding hydrogens is 627 g/mol. The van der Waals surface area contributed by atoms with Crippen molar-refractivity contribution in [2.75, 3.05) is 6.61 Å². The Morgan fingerprint density at radius 1 is 0.451 bits per heavy atom. The van der Waals surface area contributed by atoms with Gasteiger partial charge < -0.3 is 15.5 Å². The number of nitrogens with one attached hydrogen (secondary N) is 1. The van der Waals surface area contributed by atoms with Crippen molar-refractivity contribution in [1.29, 1.82) is 0 Å². The zero-order chi connectivity index (χ0) is 37.1. The Morgan fingerprint density at radius 2 is 0.765 bits per heavy atom. The van der Waals surface area contributed by atoms with E-state index in [1.165, 1.54) is 167 Å². The van der Waals surface area contributed by atoms with E-state index >= 15 is 0 Å². The Morgan fingerprint density at radius 3 is 1.14 bits per heavy atom. The summed E-state index contributed by atoms with van der Waals surface area (Å²) in [6, 6.07) is -0.647. The summed E-state index contributed by atoms with van der Waals surface area (Å²) in [5, 5.41) is 23.0. The van der Waals surface area contributed by atoms with Crippen LogP contribution in [-0.4, -0.2) is 34.9 Å². The maximum atomic E-state index is 12.4. The smallest absolute Gasteiger partial charge is 0.220 e. The van der Waals surface area contributed by atoms with E-state index in [9.17, 15) is 15.0 Å². The Labute approximate surface area is 318 Å². The first kappa shape index (κ1) is 49.4. The minimum absolute atomic E-state index is 0.0826. The topological polar surface area (TPSA) is 69.6 Å². The molecule has 0 saturated carbocycles. The van der Waals surface area contributed by atoms with Crippen molar-refractivity contribution in [2.45, 2.75) is 238 Å². The van der Waals surface area contributed by atoms with Crippen LogP contribution < -0.4 is 5.32 Å². The molecule has 0 bridgehead atoms. The monoisotopic (exact) mass is 714 g/mol. The molecule has 3 N–H and O–H groups in total. The summed E-state index contributed by atoms with van der Waals surface area (Å²) in [7, 11) is 0. The van der Waals surface area contributed by atoms with Crippen LogP contribution in [-0.2, 0) is 4.79 Å². The molecule has 0 spiro atoms. The summed E-state index contributed by atoms with van der Waals surface area (Å²) in [6.45, 7) is 4.29. The number of rotatable bonds is 40. The zero-order valence-electron chi connectivity index (χ0n) is 34.1. The third-order valence-electron chi connectivity index (χ3n) is 10.0. The molecule has 2 atom stereocenters. The van der Waals surface area contributed by atoms with E-state index in [-0.39, 0.29) is 12.5 Å². The van der Waals surface area contributed by atoms with Crippen molar-refractivity contribution in [2.24, 2.45) is 0 Å². The summed E-state index contributed by atoms with van der Waals surface area (Å²) >= 11 is 0. The highest BCUT2D eigenvalue weighted by molar-refractivity contribution is 5.76. The molecule has 0 aromatic carbocycles. The van der Waals surface area contributed by atoms with Crippen LogP contribution in [0.2, 0.25) is 0 Å². The van der Waals surface area contributed by atoms with Gasteiger partial charge in [0.25, 0.3) is 0 Å². The van der Waals surface area contributed by atoms with Crippen molar-refractivity contribution >= 4 is 5.91 Å².